The molecule has 0 heterocycles. The Morgan fingerprint density at radius 2 is 2.07 bits per heavy atom. The van der Waals surface area contributed by atoms with Crippen LogP contribution in [0, 0.1) is 5.92 Å². The number of nitrogens with one attached hydrogen (secondary N) is 1. The molecule has 1 atom stereocenters. The highest BCUT2D eigenvalue weighted by Gasteiger charge is 2.02. The van der Waals surface area contributed by atoms with Gasteiger partial charge in [-0.3, -0.25) is 4.79 Å². The molecule has 0 aliphatic rings. The summed E-state index contributed by atoms with van der Waals surface area (Å²) in [4.78, 5) is 12.8. The van der Waals surface area contributed by atoms with Crippen molar-refractivity contribution < 1.29 is 9.90 Å². The Kier molecular flexibility index (Phi) is 8.33. The number of aliphatic hydroxyl groups excluding tert-OH is 1. The van der Waals surface area contributed by atoms with Crippen molar-refractivity contribution in [2.75, 3.05) is 33.8 Å². The first-order chi connectivity index (χ1) is 7.07. The van der Waals surface area contributed by atoms with E-state index in [-0.39, 0.29) is 12.5 Å². The molecule has 0 aromatic carbocycles. The van der Waals surface area contributed by atoms with Crippen molar-refractivity contribution in [3.63, 3.8) is 0 Å². The van der Waals surface area contributed by atoms with Gasteiger partial charge in [-0.15, -0.1) is 0 Å². The minimum atomic E-state index is 0.159. The fourth-order valence-corrected chi connectivity index (χ4v) is 1.21. The van der Waals surface area contributed by atoms with Gasteiger partial charge in [0.15, 0.2) is 0 Å². The Balaban J connectivity index is 3.22. The molecule has 1 unspecified atom stereocenters. The third-order valence-corrected chi connectivity index (χ3v) is 2.38. The quantitative estimate of drug-likeness (QED) is 0.580. The van der Waals surface area contributed by atoms with Gasteiger partial charge in [0.05, 0.1) is 0 Å². The van der Waals surface area contributed by atoms with Gasteiger partial charge < -0.3 is 15.3 Å². The van der Waals surface area contributed by atoms with Gasteiger partial charge in [0.1, 0.15) is 0 Å². The third-order valence-electron chi connectivity index (χ3n) is 2.38. The van der Waals surface area contributed by atoms with E-state index in [0.717, 1.165) is 25.9 Å². The van der Waals surface area contributed by atoms with Crippen LogP contribution in [0.4, 0.5) is 0 Å². The minimum absolute atomic E-state index is 0.159. The van der Waals surface area contributed by atoms with E-state index in [1.807, 2.05) is 6.92 Å². The lowest BCUT2D eigenvalue weighted by Crippen LogP contribution is -2.27. The summed E-state index contributed by atoms with van der Waals surface area (Å²) >= 11 is 0. The average molecular weight is 216 g/mol. The Morgan fingerprint density at radius 1 is 1.40 bits per heavy atom. The van der Waals surface area contributed by atoms with E-state index in [1.165, 1.54) is 0 Å². The SMILES string of the molecule is CC(CO)CCCNCCC(=O)N(C)C. The molecule has 0 bridgehead atoms. The molecule has 0 radical (unpaired) electrons. The second-order valence-corrected chi connectivity index (χ2v) is 4.22. The highest BCUT2D eigenvalue weighted by Crippen LogP contribution is 2.02. The fraction of sp³-hybridized carbons (Fsp3) is 0.909. The molecule has 0 rings (SSSR count). The lowest BCUT2D eigenvalue weighted by Gasteiger charge is -2.11. The van der Waals surface area contributed by atoms with Crippen LogP contribution in [0.3, 0.4) is 0 Å². The van der Waals surface area contributed by atoms with E-state index in [9.17, 15) is 4.79 Å². The molecule has 0 saturated carbocycles. The number of carbonyl (C=O) groups is 1. The topological polar surface area (TPSA) is 52.6 Å². The number of carbonyl (C=O) groups excluding carboxylic acids is 1. The molecule has 0 aromatic heterocycles. The molecule has 2 N–H and O–H groups in total. The molecular weight excluding hydrogens is 192 g/mol. The number of hydrogen-bond donors (Lipinski definition) is 2. The van der Waals surface area contributed by atoms with Crippen LogP contribution in [0.2, 0.25) is 0 Å². The Hall–Kier alpha value is -0.610. The summed E-state index contributed by atoms with van der Waals surface area (Å²) in [5, 5.41) is 12.0. The molecule has 0 aliphatic heterocycles. The summed E-state index contributed by atoms with van der Waals surface area (Å²) < 4.78 is 0. The molecule has 4 heteroatoms. The van der Waals surface area contributed by atoms with E-state index >= 15 is 0 Å². The lowest BCUT2D eigenvalue weighted by molar-refractivity contribution is -0.128. The van der Waals surface area contributed by atoms with E-state index in [1.54, 1.807) is 19.0 Å². The van der Waals surface area contributed by atoms with Crippen LogP contribution in [0.1, 0.15) is 26.2 Å². The predicted octanol–water partition coefficient (Wildman–Crippen LogP) is 0.463. The van der Waals surface area contributed by atoms with Gasteiger partial charge in [0.2, 0.25) is 5.91 Å². The first-order valence-electron chi connectivity index (χ1n) is 5.59. The van der Waals surface area contributed by atoms with E-state index < -0.39 is 0 Å². The molecule has 0 aromatic rings. The molecule has 4 nitrogen and oxygen atoms in total. The maximum atomic E-state index is 11.2. The molecule has 1 amide bonds. The summed E-state index contributed by atoms with van der Waals surface area (Å²) in [7, 11) is 3.54. The first kappa shape index (κ1) is 14.4. The zero-order valence-corrected chi connectivity index (χ0v) is 10.1. The van der Waals surface area contributed by atoms with E-state index in [2.05, 4.69) is 5.32 Å². The highest BCUT2D eigenvalue weighted by atomic mass is 16.3. The Bertz CT molecular complexity index is 172. The van der Waals surface area contributed by atoms with Crippen molar-refractivity contribution in [1.82, 2.24) is 10.2 Å². The number of amides is 1. The van der Waals surface area contributed by atoms with Crippen LogP contribution in [0.5, 0.6) is 0 Å². The van der Waals surface area contributed by atoms with Gasteiger partial charge in [0, 0.05) is 33.7 Å². The van der Waals surface area contributed by atoms with Crippen LogP contribution >= 0.6 is 0 Å². The number of nitrogens with zero attached hydrogens (tertiary/aromatic N) is 1. The summed E-state index contributed by atoms with van der Waals surface area (Å²) in [5.41, 5.74) is 0. The number of aliphatic hydroxyl groups is 1. The molecular formula is C11H24N2O2. The van der Waals surface area contributed by atoms with Crippen molar-refractivity contribution in [1.29, 1.82) is 0 Å². The van der Waals surface area contributed by atoms with E-state index in [4.69, 9.17) is 5.11 Å². The standard InChI is InChI=1S/C11H24N2O2/c1-10(9-14)5-4-7-12-8-6-11(15)13(2)3/h10,12,14H,4-9H2,1-3H3. The largest absolute Gasteiger partial charge is 0.396 e. The van der Waals surface area contributed by atoms with Crippen LogP contribution in [-0.2, 0) is 4.79 Å². The zero-order valence-electron chi connectivity index (χ0n) is 10.1. The summed E-state index contributed by atoms with van der Waals surface area (Å²) in [6.07, 6.45) is 2.64. The zero-order chi connectivity index (χ0) is 11.7. The van der Waals surface area contributed by atoms with Crippen LogP contribution < -0.4 is 5.32 Å². The Morgan fingerprint density at radius 3 is 2.60 bits per heavy atom. The maximum Gasteiger partial charge on any atom is 0.223 e. The van der Waals surface area contributed by atoms with Gasteiger partial charge in [-0.05, 0) is 25.3 Å². The Labute approximate surface area is 92.7 Å². The first-order valence-corrected chi connectivity index (χ1v) is 5.59. The molecule has 0 aliphatic carbocycles. The lowest BCUT2D eigenvalue weighted by atomic mass is 10.1. The van der Waals surface area contributed by atoms with Gasteiger partial charge in [0.25, 0.3) is 0 Å². The second-order valence-electron chi connectivity index (χ2n) is 4.22. The molecule has 0 spiro atoms. The fourth-order valence-electron chi connectivity index (χ4n) is 1.21. The number of rotatable bonds is 8. The van der Waals surface area contributed by atoms with Crippen molar-refractivity contribution in [3.05, 3.63) is 0 Å². The van der Waals surface area contributed by atoms with Crippen LogP contribution in [0.15, 0.2) is 0 Å². The van der Waals surface area contributed by atoms with Gasteiger partial charge in [-0.2, -0.15) is 0 Å². The minimum Gasteiger partial charge on any atom is -0.396 e. The van der Waals surface area contributed by atoms with E-state index in [0.29, 0.717) is 12.3 Å². The highest BCUT2D eigenvalue weighted by molar-refractivity contribution is 5.75. The monoisotopic (exact) mass is 216 g/mol. The number of hydrogen-bond acceptors (Lipinski definition) is 3. The summed E-state index contributed by atoms with van der Waals surface area (Å²) in [6, 6.07) is 0. The normalized spacial score (nSPS) is 12.5. The van der Waals surface area contributed by atoms with Gasteiger partial charge in [-0.25, -0.2) is 0 Å². The van der Waals surface area contributed by atoms with Crippen LogP contribution in [-0.4, -0.2) is 49.7 Å². The predicted molar refractivity (Wildman–Crippen MR) is 61.7 cm³/mol. The molecule has 90 valence electrons. The maximum absolute atomic E-state index is 11.2. The second kappa shape index (κ2) is 8.68. The summed E-state index contributed by atoms with van der Waals surface area (Å²) in [6.45, 7) is 3.96. The van der Waals surface area contributed by atoms with Crippen molar-refractivity contribution in [2.45, 2.75) is 26.2 Å². The summed E-state index contributed by atoms with van der Waals surface area (Å²) in [5.74, 6) is 0.543. The van der Waals surface area contributed by atoms with Gasteiger partial charge in [-0.1, -0.05) is 6.92 Å². The van der Waals surface area contributed by atoms with Crippen LogP contribution in [0.25, 0.3) is 0 Å². The average Bonchev–Trinajstić information content (AvgIpc) is 2.22. The van der Waals surface area contributed by atoms with Crippen molar-refractivity contribution >= 4 is 5.91 Å². The molecule has 15 heavy (non-hydrogen) atoms. The van der Waals surface area contributed by atoms with Gasteiger partial charge >= 0.3 is 0 Å². The smallest absolute Gasteiger partial charge is 0.223 e. The molecule has 0 fully saturated rings. The third kappa shape index (κ3) is 8.39. The van der Waals surface area contributed by atoms with Crippen molar-refractivity contribution in [2.24, 2.45) is 5.92 Å². The van der Waals surface area contributed by atoms with Crippen molar-refractivity contribution in [3.8, 4) is 0 Å². The molecule has 0 saturated heterocycles.